The van der Waals surface area contributed by atoms with Gasteiger partial charge in [-0.2, -0.15) is 4.31 Å². The first-order chi connectivity index (χ1) is 15.3. The van der Waals surface area contributed by atoms with E-state index < -0.39 is 27.9 Å². The first kappa shape index (κ1) is 24.2. The Morgan fingerprint density at radius 3 is 2.22 bits per heavy atom. The summed E-state index contributed by atoms with van der Waals surface area (Å²) in [7, 11) is -2.73. The third-order valence-corrected chi connectivity index (χ3v) is 7.95. The monoisotopic (exact) mass is 466 g/mol. The number of likely N-dealkylation sites (tertiary alicyclic amines) is 1. The maximum Gasteiger partial charge on any atom is 0.339 e. The molecule has 1 aromatic carbocycles. The molecule has 1 amide bonds. The second-order valence-electron chi connectivity index (χ2n) is 8.07. The molecule has 0 aliphatic carbocycles. The molecule has 2 aliphatic rings. The number of esters is 2. The van der Waals surface area contributed by atoms with E-state index in [1.165, 1.54) is 23.5 Å². The van der Waals surface area contributed by atoms with Crippen LogP contribution in [0.5, 0.6) is 0 Å². The zero-order chi connectivity index (χ0) is 23.1. The quantitative estimate of drug-likeness (QED) is 0.588. The summed E-state index contributed by atoms with van der Waals surface area (Å²) in [6, 6.07) is 5.89. The highest BCUT2D eigenvalue weighted by Gasteiger charge is 2.35. The standard InChI is InChI=1S/C22H30N2O7S/c1-30-22(27)18-8-4-5-9-19(18)32(28,29)24-14-10-17(11-15-24)21(26)31-16-20(25)23-12-6-2-3-7-13-23/h4-5,8-9,17H,2-3,6-7,10-16H2,1H3. The van der Waals surface area contributed by atoms with Gasteiger partial charge < -0.3 is 14.4 Å². The van der Waals surface area contributed by atoms with Crippen molar-refractivity contribution < 1.29 is 32.3 Å². The molecule has 2 saturated heterocycles. The lowest BCUT2D eigenvalue weighted by molar-refractivity contribution is -0.156. The van der Waals surface area contributed by atoms with E-state index in [-0.39, 0.29) is 48.9 Å². The van der Waals surface area contributed by atoms with E-state index in [1.54, 1.807) is 17.0 Å². The highest BCUT2D eigenvalue weighted by Crippen LogP contribution is 2.27. The topological polar surface area (TPSA) is 110 Å². The summed E-state index contributed by atoms with van der Waals surface area (Å²) in [6.07, 6.45) is 4.72. The smallest absolute Gasteiger partial charge is 0.339 e. The van der Waals surface area contributed by atoms with Gasteiger partial charge in [0.1, 0.15) is 0 Å². The molecule has 2 heterocycles. The molecule has 10 heteroatoms. The van der Waals surface area contributed by atoms with Crippen LogP contribution >= 0.6 is 0 Å². The largest absolute Gasteiger partial charge is 0.465 e. The van der Waals surface area contributed by atoms with Crippen molar-refractivity contribution in [1.29, 1.82) is 0 Å². The SMILES string of the molecule is COC(=O)c1ccccc1S(=O)(=O)N1CCC(C(=O)OCC(=O)N2CCCCCC2)CC1. The highest BCUT2D eigenvalue weighted by molar-refractivity contribution is 7.89. The number of benzene rings is 1. The van der Waals surface area contributed by atoms with Gasteiger partial charge in [0, 0.05) is 26.2 Å². The van der Waals surface area contributed by atoms with Gasteiger partial charge in [-0.15, -0.1) is 0 Å². The molecule has 0 bridgehead atoms. The van der Waals surface area contributed by atoms with Gasteiger partial charge in [0.05, 0.1) is 23.5 Å². The third-order valence-electron chi connectivity index (χ3n) is 5.99. The molecule has 176 valence electrons. The molecular formula is C22H30N2O7S. The van der Waals surface area contributed by atoms with E-state index in [2.05, 4.69) is 0 Å². The molecule has 0 aromatic heterocycles. The molecule has 3 rings (SSSR count). The Labute approximate surface area is 188 Å². The van der Waals surface area contributed by atoms with Crippen molar-refractivity contribution >= 4 is 27.9 Å². The van der Waals surface area contributed by atoms with Gasteiger partial charge in [0.25, 0.3) is 5.91 Å². The van der Waals surface area contributed by atoms with Gasteiger partial charge in [0.15, 0.2) is 6.61 Å². The van der Waals surface area contributed by atoms with Crippen LogP contribution in [0.3, 0.4) is 0 Å². The van der Waals surface area contributed by atoms with Crippen molar-refractivity contribution in [3.63, 3.8) is 0 Å². The van der Waals surface area contributed by atoms with Crippen molar-refractivity contribution in [3.05, 3.63) is 29.8 Å². The van der Waals surface area contributed by atoms with Crippen LogP contribution in [-0.4, -0.2) is 75.4 Å². The Bertz CT molecular complexity index is 931. The zero-order valence-corrected chi connectivity index (χ0v) is 19.1. The molecule has 0 atom stereocenters. The number of hydrogen-bond acceptors (Lipinski definition) is 7. The molecule has 2 aliphatic heterocycles. The predicted molar refractivity (Wildman–Crippen MR) is 115 cm³/mol. The van der Waals surface area contributed by atoms with Gasteiger partial charge in [0.2, 0.25) is 10.0 Å². The first-order valence-electron chi connectivity index (χ1n) is 11.0. The van der Waals surface area contributed by atoms with Crippen molar-refractivity contribution in [2.45, 2.75) is 43.4 Å². The van der Waals surface area contributed by atoms with Crippen LogP contribution in [-0.2, 0) is 29.1 Å². The molecule has 0 spiro atoms. The molecule has 2 fully saturated rings. The van der Waals surface area contributed by atoms with Gasteiger partial charge in [-0.1, -0.05) is 25.0 Å². The van der Waals surface area contributed by atoms with Crippen LogP contribution in [0.25, 0.3) is 0 Å². The van der Waals surface area contributed by atoms with Crippen molar-refractivity contribution in [2.75, 3.05) is 39.9 Å². The fourth-order valence-electron chi connectivity index (χ4n) is 4.10. The number of sulfonamides is 1. The lowest BCUT2D eigenvalue weighted by Gasteiger charge is -2.30. The minimum absolute atomic E-state index is 0.0245. The fourth-order valence-corrected chi connectivity index (χ4v) is 5.75. The Morgan fingerprint density at radius 1 is 0.969 bits per heavy atom. The molecule has 1 aromatic rings. The first-order valence-corrected chi connectivity index (χ1v) is 12.4. The van der Waals surface area contributed by atoms with Crippen LogP contribution in [0.1, 0.15) is 48.9 Å². The minimum Gasteiger partial charge on any atom is -0.465 e. The predicted octanol–water partition coefficient (Wildman–Crippen LogP) is 1.82. The molecule has 0 radical (unpaired) electrons. The lowest BCUT2D eigenvalue weighted by atomic mass is 9.98. The second kappa shape index (κ2) is 10.9. The lowest BCUT2D eigenvalue weighted by Crippen LogP contribution is -2.41. The van der Waals surface area contributed by atoms with Gasteiger partial charge in [-0.05, 0) is 37.8 Å². The Balaban J connectivity index is 1.55. The van der Waals surface area contributed by atoms with Gasteiger partial charge >= 0.3 is 11.9 Å². The van der Waals surface area contributed by atoms with E-state index in [0.717, 1.165) is 25.7 Å². The molecule has 0 saturated carbocycles. The maximum atomic E-state index is 13.1. The number of ether oxygens (including phenoxy) is 2. The number of rotatable bonds is 6. The van der Waals surface area contributed by atoms with Crippen molar-refractivity contribution in [3.8, 4) is 0 Å². The maximum absolute atomic E-state index is 13.1. The Morgan fingerprint density at radius 2 is 1.59 bits per heavy atom. The van der Waals surface area contributed by atoms with Crippen LogP contribution in [0.15, 0.2) is 29.2 Å². The van der Waals surface area contributed by atoms with Gasteiger partial charge in [-0.25, -0.2) is 13.2 Å². The Hall–Kier alpha value is -2.46. The van der Waals surface area contributed by atoms with Gasteiger partial charge in [-0.3, -0.25) is 9.59 Å². The van der Waals surface area contributed by atoms with Crippen LogP contribution in [0, 0.1) is 5.92 Å². The van der Waals surface area contributed by atoms with Crippen LogP contribution < -0.4 is 0 Å². The summed E-state index contributed by atoms with van der Waals surface area (Å²) >= 11 is 0. The van der Waals surface area contributed by atoms with E-state index in [1.807, 2.05) is 0 Å². The van der Waals surface area contributed by atoms with Crippen molar-refractivity contribution in [2.24, 2.45) is 5.92 Å². The number of carbonyl (C=O) groups excluding carboxylic acids is 3. The van der Waals surface area contributed by atoms with E-state index in [4.69, 9.17) is 9.47 Å². The average Bonchev–Trinajstić information content (AvgIpc) is 3.11. The molecule has 0 N–H and O–H groups in total. The number of hydrogen-bond donors (Lipinski definition) is 0. The Kier molecular flexibility index (Phi) is 8.25. The van der Waals surface area contributed by atoms with Crippen molar-refractivity contribution in [1.82, 2.24) is 9.21 Å². The highest BCUT2D eigenvalue weighted by atomic mass is 32.2. The third kappa shape index (κ3) is 5.66. The molecular weight excluding hydrogens is 436 g/mol. The number of amides is 1. The zero-order valence-electron chi connectivity index (χ0n) is 18.3. The van der Waals surface area contributed by atoms with E-state index in [9.17, 15) is 22.8 Å². The molecule has 32 heavy (non-hydrogen) atoms. The number of methoxy groups -OCH3 is 1. The summed E-state index contributed by atoms with van der Waals surface area (Å²) in [4.78, 5) is 38.4. The molecule has 0 unspecified atom stereocenters. The van der Waals surface area contributed by atoms with Crippen LogP contribution in [0.2, 0.25) is 0 Å². The summed E-state index contributed by atoms with van der Waals surface area (Å²) < 4.78 is 37.4. The number of piperidine rings is 1. The average molecular weight is 467 g/mol. The second-order valence-corrected chi connectivity index (χ2v) is 9.98. The minimum atomic E-state index is -3.92. The number of nitrogens with zero attached hydrogens (tertiary/aromatic N) is 2. The fraction of sp³-hybridized carbons (Fsp3) is 0.591. The van der Waals surface area contributed by atoms with E-state index >= 15 is 0 Å². The normalized spacial score (nSPS) is 18.6. The molecule has 9 nitrogen and oxygen atoms in total. The summed E-state index contributed by atoms with van der Waals surface area (Å²) in [6.45, 7) is 1.36. The summed E-state index contributed by atoms with van der Waals surface area (Å²) in [5.74, 6) is -1.84. The number of carbonyl (C=O) groups is 3. The van der Waals surface area contributed by atoms with E-state index in [0.29, 0.717) is 13.1 Å². The summed E-state index contributed by atoms with van der Waals surface area (Å²) in [5.41, 5.74) is -0.0245. The van der Waals surface area contributed by atoms with Crippen LogP contribution in [0.4, 0.5) is 0 Å². The summed E-state index contributed by atoms with van der Waals surface area (Å²) in [5, 5.41) is 0.